The largest absolute Gasteiger partial charge is 0.481 e. The number of pyridine rings is 1. The van der Waals surface area contributed by atoms with E-state index < -0.39 is 46.6 Å². The molecule has 2 saturated heterocycles. The molecule has 2 aliphatic rings. The molecule has 224 valence electrons. The zero-order chi connectivity index (χ0) is 30.5. The predicted molar refractivity (Wildman–Crippen MR) is 147 cm³/mol. The number of carbonyl (C=O) groups excluding carboxylic acids is 2. The van der Waals surface area contributed by atoms with E-state index in [0.717, 1.165) is 29.6 Å². The Morgan fingerprint density at radius 2 is 1.86 bits per heavy atom. The summed E-state index contributed by atoms with van der Waals surface area (Å²) >= 11 is 0. The number of rotatable bonds is 8. The number of carboxylic acids is 1. The van der Waals surface area contributed by atoms with E-state index in [0.29, 0.717) is 58.0 Å². The van der Waals surface area contributed by atoms with Crippen LogP contribution < -0.4 is 0 Å². The van der Waals surface area contributed by atoms with Crippen molar-refractivity contribution in [3.63, 3.8) is 0 Å². The molecule has 2 aliphatic heterocycles. The zero-order valence-electron chi connectivity index (χ0n) is 23.6. The van der Waals surface area contributed by atoms with Crippen molar-refractivity contribution in [3.8, 4) is 6.07 Å². The van der Waals surface area contributed by atoms with Gasteiger partial charge in [-0.25, -0.2) is 0 Å². The van der Waals surface area contributed by atoms with E-state index in [4.69, 9.17) is 5.11 Å². The summed E-state index contributed by atoms with van der Waals surface area (Å²) in [5.74, 6) is -2.41. The Labute approximate surface area is 243 Å². The maximum Gasteiger partial charge on any atom is 0.417 e. The van der Waals surface area contributed by atoms with E-state index in [2.05, 4.69) is 11.1 Å². The van der Waals surface area contributed by atoms with Gasteiger partial charge in [0.25, 0.3) is 5.91 Å². The fraction of sp³-hybridized carbons (Fsp3) is 0.516. The third-order valence-electron chi connectivity index (χ3n) is 8.58. The highest BCUT2D eigenvalue weighted by molar-refractivity contribution is 5.96. The lowest BCUT2D eigenvalue weighted by Crippen LogP contribution is -2.55. The molecule has 2 fully saturated rings. The van der Waals surface area contributed by atoms with Crippen LogP contribution in [0.1, 0.15) is 78.9 Å². The Kier molecular flexibility index (Phi) is 9.54. The molecular formula is C31H35F3N4O4. The number of alkyl halides is 3. The number of aliphatic carboxylic acids is 1. The second-order valence-corrected chi connectivity index (χ2v) is 11.1. The third kappa shape index (κ3) is 6.42. The minimum atomic E-state index is -4.72. The maximum atomic E-state index is 13.9. The summed E-state index contributed by atoms with van der Waals surface area (Å²) in [7, 11) is 0. The lowest BCUT2D eigenvalue weighted by atomic mass is 9.71. The molecule has 2 aromatic rings. The van der Waals surface area contributed by atoms with Gasteiger partial charge in [0.2, 0.25) is 5.91 Å². The summed E-state index contributed by atoms with van der Waals surface area (Å²) < 4.78 is 41.0. The molecule has 1 aromatic heterocycles. The Balaban J connectivity index is 1.53. The van der Waals surface area contributed by atoms with Crippen LogP contribution in [-0.2, 0) is 27.6 Å². The van der Waals surface area contributed by atoms with Gasteiger partial charge in [-0.2, -0.15) is 18.4 Å². The number of aryl methyl sites for hydroxylation is 1. The lowest BCUT2D eigenvalue weighted by Gasteiger charge is -2.45. The molecule has 3 heterocycles. The van der Waals surface area contributed by atoms with Gasteiger partial charge >= 0.3 is 12.1 Å². The minimum absolute atomic E-state index is 0.0532. The van der Waals surface area contributed by atoms with Crippen molar-refractivity contribution in [1.82, 2.24) is 14.8 Å². The van der Waals surface area contributed by atoms with Gasteiger partial charge in [0.1, 0.15) is 0 Å². The minimum Gasteiger partial charge on any atom is -0.481 e. The molecule has 4 rings (SSSR count). The molecule has 0 aliphatic carbocycles. The first-order chi connectivity index (χ1) is 20.0. The maximum absolute atomic E-state index is 13.9. The van der Waals surface area contributed by atoms with Crippen LogP contribution in [-0.4, -0.2) is 63.4 Å². The summed E-state index contributed by atoms with van der Waals surface area (Å²) in [4.78, 5) is 45.5. The van der Waals surface area contributed by atoms with Gasteiger partial charge in [0, 0.05) is 44.5 Å². The van der Waals surface area contributed by atoms with E-state index in [9.17, 15) is 32.8 Å². The number of amides is 2. The normalized spacial score (nSPS) is 20.5. The number of piperidine rings is 2. The molecule has 0 radical (unpaired) electrons. The number of halogens is 3. The number of benzene rings is 1. The highest BCUT2D eigenvalue weighted by Crippen LogP contribution is 2.39. The predicted octanol–water partition coefficient (Wildman–Crippen LogP) is 5.22. The van der Waals surface area contributed by atoms with Crippen LogP contribution in [0, 0.1) is 17.2 Å². The first-order valence-corrected chi connectivity index (χ1v) is 14.3. The van der Waals surface area contributed by atoms with Crippen molar-refractivity contribution in [2.45, 2.75) is 75.9 Å². The highest BCUT2D eigenvalue weighted by atomic mass is 19.4. The summed E-state index contributed by atoms with van der Waals surface area (Å²) in [5, 5.41) is 19.4. The van der Waals surface area contributed by atoms with E-state index in [1.807, 2.05) is 31.2 Å². The standard InChI is InChI=1S/C31H35F3N4O4/c1-2-6-26-22(8-5-16-38(26)29(42)23-19-36-15-12-25(23)31(32,33)34)28(41)37-17-13-30(20-35,14-18-37)24-9-4-3-7-21(24)10-11-27(39)40/h3-4,7,9,12,15,19,22,26H,2,5-6,8,10-11,13-14,16-18H2,1H3,(H,39,40)/t22?,26-/m1/s1. The van der Waals surface area contributed by atoms with Crippen LogP contribution in [0.3, 0.4) is 0 Å². The Bertz CT molecular complexity index is 1350. The van der Waals surface area contributed by atoms with E-state index in [-0.39, 0.29) is 18.9 Å². The van der Waals surface area contributed by atoms with Gasteiger partial charge in [0.15, 0.2) is 0 Å². The number of nitriles is 1. The van der Waals surface area contributed by atoms with Gasteiger partial charge in [-0.15, -0.1) is 0 Å². The molecule has 11 heteroatoms. The molecular weight excluding hydrogens is 549 g/mol. The number of aromatic nitrogens is 1. The quantitative estimate of drug-likeness (QED) is 0.455. The number of likely N-dealkylation sites (tertiary alicyclic amines) is 2. The van der Waals surface area contributed by atoms with E-state index in [1.54, 1.807) is 4.90 Å². The molecule has 42 heavy (non-hydrogen) atoms. The van der Waals surface area contributed by atoms with Crippen LogP contribution in [0.5, 0.6) is 0 Å². The molecule has 2 atom stereocenters. The molecule has 8 nitrogen and oxygen atoms in total. The summed E-state index contributed by atoms with van der Waals surface area (Å²) in [6.45, 7) is 2.78. The Morgan fingerprint density at radius 3 is 2.50 bits per heavy atom. The molecule has 1 N–H and O–H groups in total. The molecule has 1 unspecified atom stereocenters. The monoisotopic (exact) mass is 584 g/mol. The van der Waals surface area contributed by atoms with Crippen molar-refractivity contribution < 1.29 is 32.7 Å². The number of carboxylic acid groups (broad SMARTS) is 1. The second-order valence-electron chi connectivity index (χ2n) is 11.1. The Hall–Kier alpha value is -3.94. The lowest BCUT2D eigenvalue weighted by molar-refractivity contribution is -0.141. The fourth-order valence-electron chi connectivity index (χ4n) is 6.45. The van der Waals surface area contributed by atoms with Crippen LogP contribution in [0.4, 0.5) is 13.2 Å². The van der Waals surface area contributed by atoms with Gasteiger partial charge in [-0.1, -0.05) is 37.6 Å². The highest BCUT2D eigenvalue weighted by Gasteiger charge is 2.45. The fourth-order valence-corrected chi connectivity index (χ4v) is 6.45. The number of hydrogen-bond acceptors (Lipinski definition) is 5. The SMILES string of the molecule is CCC[C@@H]1C(C(=O)N2CCC(C#N)(c3ccccc3CCC(=O)O)CC2)CCCN1C(=O)c1cnccc1C(F)(F)F. The smallest absolute Gasteiger partial charge is 0.417 e. The van der Waals surface area contributed by atoms with Crippen molar-refractivity contribution in [2.24, 2.45) is 5.92 Å². The van der Waals surface area contributed by atoms with Crippen molar-refractivity contribution in [3.05, 3.63) is 65.0 Å². The van der Waals surface area contributed by atoms with E-state index >= 15 is 0 Å². The van der Waals surface area contributed by atoms with E-state index in [1.165, 1.54) is 4.90 Å². The average molecular weight is 585 g/mol. The van der Waals surface area contributed by atoms with Crippen LogP contribution in [0.2, 0.25) is 0 Å². The average Bonchev–Trinajstić information content (AvgIpc) is 2.99. The van der Waals surface area contributed by atoms with Gasteiger partial charge < -0.3 is 14.9 Å². The summed E-state index contributed by atoms with van der Waals surface area (Å²) in [6.07, 6.45) is 0.341. The number of hydrogen-bond donors (Lipinski definition) is 1. The zero-order valence-corrected chi connectivity index (χ0v) is 23.6. The Morgan fingerprint density at radius 1 is 1.14 bits per heavy atom. The molecule has 1 aromatic carbocycles. The van der Waals surface area contributed by atoms with Crippen LogP contribution in [0.15, 0.2) is 42.7 Å². The van der Waals surface area contributed by atoms with Gasteiger partial charge in [0.05, 0.1) is 28.5 Å². The second kappa shape index (κ2) is 12.9. The molecule has 0 spiro atoms. The van der Waals surface area contributed by atoms with Gasteiger partial charge in [-0.05, 0) is 55.7 Å². The topological polar surface area (TPSA) is 115 Å². The number of carbonyl (C=O) groups is 3. The summed E-state index contributed by atoms with van der Waals surface area (Å²) in [5.41, 5.74) is -0.830. The van der Waals surface area contributed by atoms with Crippen LogP contribution in [0.25, 0.3) is 0 Å². The van der Waals surface area contributed by atoms with Gasteiger partial charge in [-0.3, -0.25) is 19.4 Å². The first kappa shape index (κ1) is 31.0. The molecule has 2 amide bonds. The van der Waals surface area contributed by atoms with Crippen molar-refractivity contribution in [2.75, 3.05) is 19.6 Å². The number of nitrogens with zero attached hydrogens (tertiary/aromatic N) is 4. The molecule has 0 bridgehead atoms. The first-order valence-electron chi connectivity index (χ1n) is 14.3. The molecule has 0 saturated carbocycles. The third-order valence-corrected chi connectivity index (χ3v) is 8.58. The van der Waals surface area contributed by atoms with Crippen molar-refractivity contribution >= 4 is 17.8 Å². The van der Waals surface area contributed by atoms with Crippen molar-refractivity contribution in [1.29, 1.82) is 5.26 Å². The van der Waals surface area contributed by atoms with Crippen LogP contribution >= 0.6 is 0 Å². The summed E-state index contributed by atoms with van der Waals surface area (Å²) in [6, 6.07) is 10.0.